The van der Waals surface area contributed by atoms with Gasteiger partial charge in [-0.3, -0.25) is 4.90 Å². The zero-order valence-electron chi connectivity index (χ0n) is 11.5. The van der Waals surface area contributed by atoms with Crippen molar-refractivity contribution in [1.82, 2.24) is 9.80 Å². The second-order valence-corrected chi connectivity index (χ2v) is 4.97. The van der Waals surface area contributed by atoms with Crippen LogP contribution >= 0.6 is 0 Å². The largest absolute Gasteiger partial charge is 0.504 e. The lowest BCUT2D eigenvalue weighted by Crippen LogP contribution is -2.46. The van der Waals surface area contributed by atoms with Crippen LogP contribution in [0.1, 0.15) is 11.6 Å². The second kappa shape index (κ2) is 6.23. The average Bonchev–Trinajstić information content (AvgIpc) is 2.43. The zero-order valence-corrected chi connectivity index (χ0v) is 11.5. The minimum absolute atomic E-state index is 0.0387. The molecule has 2 rings (SSSR count). The maximum Gasteiger partial charge on any atom is 0.160 e. The fourth-order valence-corrected chi connectivity index (χ4v) is 2.47. The summed E-state index contributed by atoms with van der Waals surface area (Å²) in [5.41, 5.74) is 0.974. The van der Waals surface area contributed by atoms with E-state index in [0.717, 1.165) is 31.7 Å². The number of phenolic OH excluding ortho intramolecular Hbond substituents is 1. The highest BCUT2D eigenvalue weighted by Gasteiger charge is 2.23. The van der Waals surface area contributed by atoms with Gasteiger partial charge in [0.1, 0.15) is 0 Å². The van der Waals surface area contributed by atoms with E-state index >= 15 is 0 Å². The number of aliphatic hydroxyl groups excluding tert-OH is 1. The number of methoxy groups -OCH3 is 1. The van der Waals surface area contributed by atoms with E-state index in [0.29, 0.717) is 5.75 Å². The summed E-state index contributed by atoms with van der Waals surface area (Å²) in [7, 11) is 3.64. The van der Waals surface area contributed by atoms with Crippen molar-refractivity contribution in [3.05, 3.63) is 23.8 Å². The molecular formula is C14H22N2O3. The molecule has 1 atom stereocenters. The van der Waals surface area contributed by atoms with Gasteiger partial charge in [0.2, 0.25) is 0 Å². The van der Waals surface area contributed by atoms with Crippen LogP contribution in [0, 0.1) is 0 Å². The highest BCUT2D eigenvalue weighted by atomic mass is 16.5. The number of aromatic hydroxyl groups is 1. The molecule has 1 aliphatic heterocycles. The van der Waals surface area contributed by atoms with E-state index in [1.807, 2.05) is 6.07 Å². The van der Waals surface area contributed by atoms with Gasteiger partial charge in [-0.25, -0.2) is 0 Å². The van der Waals surface area contributed by atoms with Crippen molar-refractivity contribution in [3.63, 3.8) is 0 Å². The molecule has 0 aliphatic carbocycles. The quantitative estimate of drug-likeness (QED) is 0.839. The molecule has 2 N–H and O–H groups in total. The molecule has 19 heavy (non-hydrogen) atoms. The number of rotatable bonds is 4. The third-order valence-electron chi connectivity index (χ3n) is 3.74. The lowest BCUT2D eigenvalue weighted by atomic mass is 10.0. The van der Waals surface area contributed by atoms with E-state index in [2.05, 4.69) is 16.8 Å². The number of nitrogens with zero attached hydrogens (tertiary/aromatic N) is 2. The van der Waals surface area contributed by atoms with Gasteiger partial charge in [0, 0.05) is 26.2 Å². The smallest absolute Gasteiger partial charge is 0.160 e. The number of benzene rings is 1. The molecule has 0 radical (unpaired) electrons. The summed E-state index contributed by atoms with van der Waals surface area (Å²) in [6, 6.07) is 5.22. The predicted molar refractivity (Wildman–Crippen MR) is 73.6 cm³/mol. The van der Waals surface area contributed by atoms with Crippen molar-refractivity contribution in [1.29, 1.82) is 0 Å². The first kappa shape index (κ1) is 14.1. The number of ether oxygens (including phenoxy) is 1. The monoisotopic (exact) mass is 266 g/mol. The van der Waals surface area contributed by atoms with Crippen molar-refractivity contribution < 1.29 is 14.9 Å². The summed E-state index contributed by atoms with van der Waals surface area (Å²) < 4.78 is 5.13. The van der Waals surface area contributed by atoms with Gasteiger partial charge in [0.15, 0.2) is 11.5 Å². The van der Waals surface area contributed by atoms with Crippen LogP contribution in [0.25, 0.3) is 0 Å². The van der Waals surface area contributed by atoms with Crippen molar-refractivity contribution in [3.8, 4) is 11.5 Å². The summed E-state index contributed by atoms with van der Waals surface area (Å²) in [5.74, 6) is 0.575. The number of aliphatic hydroxyl groups is 1. The molecule has 1 aromatic carbocycles. The van der Waals surface area contributed by atoms with Gasteiger partial charge in [0.25, 0.3) is 0 Å². The molecule has 5 heteroatoms. The molecule has 1 aliphatic rings. The molecule has 1 fully saturated rings. The lowest BCUT2D eigenvalue weighted by molar-refractivity contribution is 0.0746. The number of piperazine rings is 1. The Bertz CT molecular complexity index is 417. The van der Waals surface area contributed by atoms with Crippen LogP contribution in [0.3, 0.4) is 0 Å². The molecule has 1 aromatic rings. The van der Waals surface area contributed by atoms with Crippen molar-refractivity contribution in [2.75, 3.05) is 46.9 Å². The maximum atomic E-state index is 9.67. The first-order valence-corrected chi connectivity index (χ1v) is 6.56. The molecule has 0 amide bonds. The van der Waals surface area contributed by atoms with E-state index in [1.54, 1.807) is 12.1 Å². The van der Waals surface area contributed by atoms with Gasteiger partial charge < -0.3 is 19.8 Å². The van der Waals surface area contributed by atoms with Gasteiger partial charge in [-0.1, -0.05) is 6.07 Å². The SMILES string of the molecule is COc1cc(C(CO)N2CCN(C)CC2)ccc1O. The van der Waals surface area contributed by atoms with Crippen LogP contribution in [-0.2, 0) is 0 Å². The molecule has 0 spiro atoms. The number of hydrogen-bond donors (Lipinski definition) is 2. The normalized spacial score (nSPS) is 19.3. The van der Waals surface area contributed by atoms with E-state index in [1.165, 1.54) is 7.11 Å². The summed E-state index contributed by atoms with van der Waals surface area (Å²) in [6.07, 6.45) is 0. The minimum atomic E-state index is -0.0387. The molecule has 5 nitrogen and oxygen atoms in total. The lowest BCUT2D eigenvalue weighted by Gasteiger charge is -2.37. The van der Waals surface area contributed by atoms with Gasteiger partial charge in [0.05, 0.1) is 19.8 Å². The van der Waals surface area contributed by atoms with Crippen molar-refractivity contribution in [2.24, 2.45) is 0 Å². The molecule has 106 valence electrons. The fourth-order valence-electron chi connectivity index (χ4n) is 2.47. The average molecular weight is 266 g/mol. The number of phenols is 1. The topological polar surface area (TPSA) is 56.2 Å². The molecule has 1 unspecified atom stereocenters. The van der Waals surface area contributed by atoms with Crippen molar-refractivity contribution >= 4 is 0 Å². The van der Waals surface area contributed by atoms with Gasteiger partial charge in [-0.05, 0) is 24.7 Å². The van der Waals surface area contributed by atoms with Gasteiger partial charge in [-0.2, -0.15) is 0 Å². The molecule has 0 bridgehead atoms. The van der Waals surface area contributed by atoms with E-state index in [9.17, 15) is 10.2 Å². The van der Waals surface area contributed by atoms with Gasteiger partial charge in [-0.15, -0.1) is 0 Å². The zero-order chi connectivity index (χ0) is 13.8. The maximum absolute atomic E-state index is 9.67. The highest BCUT2D eigenvalue weighted by Crippen LogP contribution is 2.31. The summed E-state index contributed by atoms with van der Waals surface area (Å²) in [4.78, 5) is 4.55. The third kappa shape index (κ3) is 3.18. The molecule has 0 saturated carbocycles. The Hall–Kier alpha value is -1.30. The van der Waals surface area contributed by atoms with Crippen LogP contribution in [-0.4, -0.2) is 67.0 Å². The Kier molecular flexibility index (Phi) is 4.63. The molecule has 1 saturated heterocycles. The summed E-state index contributed by atoms with van der Waals surface area (Å²) in [5, 5.41) is 19.3. The fraction of sp³-hybridized carbons (Fsp3) is 0.571. The Labute approximate surface area is 114 Å². The molecular weight excluding hydrogens is 244 g/mol. The predicted octanol–water partition coefficient (Wildman–Crippen LogP) is 0.682. The van der Waals surface area contributed by atoms with E-state index in [4.69, 9.17) is 4.74 Å². The van der Waals surface area contributed by atoms with Crippen LogP contribution in [0.4, 0.5) is 0 Å². The molecule has 1 heterocycles. The molecule has 0 aromatic heterocycles. The Morgan fingerprint density at radius 1 is 1.26 bits per heavy atom. The number of likely N-dealkylation sites (N-methyl/N-ethyl adjacent to an activating group) is 1. The number of hydrogen-bond acceptors (Lipinski definition) is 5. The second-order valence-electron chi connectivity index (χ2n) is 4.97. The Morgan fingerprint density at radius 3 is 2.53 bits per heavy atom. The highest BCUT2D eigenvalue weighted by molar-refractivity contribution is 5.42. The van der Waals surface area contributed by atoms with Crippen LogP contribution in [0.15, 0.2) is 18.2 Å². The van der Waals surface area contributed by atoms with Gasteiger partial charge >= 0.3 is 0 Å². The Morgan fingerprint density at radius 2 is 1.95 bits per heavy atom. The van der Waals surface area contributed by atoms with Crippen LogP contribution in [0.2, 0.25) is 0 Å². The minimum Gasteiger partial charge on any atom is -0.504 e. The van der Waals surface area contributed by atoms with Crippen molar-refractivity contribution in [2.45, 2.75) is 6.04 Å². The summed E-state index contributed by atoms with van der Waals surface area (Å²) in [6.45, 7) is 3.95. The first-order valence-electron chi connectivity index (χ1n) is 6.56. The Balaban J connectivity index is 2.17. The van der Waals surface area contributed by atoms with E-state index in [-0.39, 0.29) is 18.4 Å². The summed E-state index contributed by atoms with van der Waals surface area (Å²) >= 11 is 0. The van der Waals surface area contributed by atoms with Crippen LogP contribution < -0.4 is 4.74 Å². The standard InChI is InChI=1S/C14H22N2O3/c1-15-5-7-16(8-6-15)12(10-17)11-3-4-13(18)14(9-11)19-2/h3-4,9,12,17-18H,5-8,10H2,1-2H3. The van der Waals surface area contributed by atoms with Crippen LogP contribution in [0.5, 0.6) is 11.5 Å². The third-order valence-corrected chi connectivity index (χ3v) is 3.74. The first-order chi connectivity index (χ1) is 9.15. The van der Waals surface area contributed by atoms with E-state index < -0.39 is 0 Å².